The van der Waals surface area contributed by atoms with E-state index >= 15 is 8.78 Å². The van der Waals surface area contributed by atoms with Gasteiger partial charge in [-0.2, -0.15) is 0 Å². The van der Waals surface area contributed by atoms with Gasteiger partial charge in [-0.3, -0.25) is 9.59 Å². The van der Waals surface area contributed by atoms with Crippen molar-refractivity contribution in [2.75, 3.05) is 98.1 Å². The molecule has 10 rings (SSSR count). The zero-order chi connectivity index (χ0) is 53.6. The topological polar surface area (TPSA) is 160 Å². The molecular weight excluding hydrogens is 1030 g/mol. The summed E-state index contributed by atoms with van der Waals surface area (Å²) in [4.78, 5) is 53.8. The Hall–Kier alpha value is -6.47. The average molecular weight is 1100 g/mol. The fourth-order valence-corrected chi connectivity index (χ4v) is 11.5. The number of halogens is 3. The second-order valence-electron chi connectivity index (χ2n) is 20.2. The van der Waals surface area contributed by atoms with E-state index in [0.29, 0.717) is 102 Å². The van der Waals surface area contributed by atoms with E-state index in [1.165, 1.54) is 0 Å². The van der Waals surface area contributed by atoms with Crippen LogP contribution in [0.4, 0.5) is 37.6 Å². The van der Waals surface area contributed by atoms with Gasteiger partial charge in [-0.05, 0) is 150 Å². The van der Waals surface area contributed by atoms with E-state index in [1.807, 2.05) is 70.2 Å². The van der Waals surface area contributed by atoms with Crippen molar-refractivity contribution < 1.29 is 18.3 Å². The molecule has 76 heavy (non-hydrogen) atoms. The number of aryl methyl sites for hydroxylation is 4. The van der Waals surface area contributed by atoms with Gasteiger partial charge in [0.15, 0.2) is 11.6 Å². The Kier molecular flexibility index (Phi) is 17.3. The molecule has 3 fully saturated rings. The van der Waals surface area contributed by atoms with Crippen LogP contribution in [0, 0.1) is 39.3 Å². The summed E-state index contributed by atoms with van der Waals surface area (Å²) >= 11 is 3.41. The highest BCUT2D eigenvalue weighted by atomic mass is 79.9. The minimum absolute atomic E-state index is 0.111. The molecule has 8 heterocycles. The molecule has 0 radical (unpaired) electrons. The summed E-state index contributed by atoms with van der Waals surface area (Å²) in [5, 5.41) is 9.90. The number of hydrogen-bond donors (Lipinski definition) is 4. The number of benzene rings is 2. The molecule has 0 spiro atoms. The number of likely N-dealkylation sites (N-methyl/N-ethyl adjacent to an activating group) is 1. The zero-order valence-corrected chi connectivity index (χ0v) is 46.3. The molecule has 3 saturated heterocycles. The maximum Gasteiger partial charge on any atom is 0.253 e. The van der Waals surface area contributed by atoms with Crippen LogP contribution in [0.15, 0.2) is 81.2 Å². The first-order valence-corrected chi connectivity index (χ1v) is 27.4. The average Bonchev–Trinajstić information content (AvgIpc) is 3.42. The number of piperazine rings is 1. The maximum absolute atomic E-state index is 16.9. The number of nitrogens with zero attached hydrogens (tertiary/aromatic N) is 7. The lowest BCUT2D eigenvalue weighted by atomic mass is 9.97. The third-order valence-corrected chi connectivity index (χ3v) is 15.7. The molecule has 0 unspecified atom stereocenters. The number of hydrogen-bond acceptors (Lipinski definition) is 13. The Bertz CT molecular complexity index is 3300. The minimum Gasteiger partial charge on any atom is -0.381 e. The van der Waals surface area contributed by atoms with Crippen molar-refractivity contribution in [1.29, 1.82) is 0 Å². The molecule has 15 nitrogen and oxygen atoms in total. The summed E-state index contributed by atoms with van der Waals surface area (Å²) in [6.07, 6.45) is 8.60. The van der Waals surface area contributed by atoms with Crippen molar-refractivity contribution in [1.82, 2.24) is 29.8 Å². The quantitative estimate of drug-likeness (QED) is 0.0816. The fraction of sp³-hybridized carbons (Fsp3) is 0.431. The first-order valence-electron chi connectivity index (χ1n) is 26.6. The Labute approximate surface area is 451 Å². The van der Waals surface area contributed by atoms with Gasteiger partial charge in [0, 0.05) is 165 Å². The molecule has 7 aromatic rings. The predicted octanol–water partition coefficient (Wildman–Crippen LogP) is 10.2. The van der Waals surface area contributed by atoms with E-state index in [-0.39, 0.29) is 34.8 Å². The van der Waals surface area contributed by atoms with Gasteiger partial charge in [0.1, 0.15) is 17.5 Å². The van der Waals surface area contributed by atoms with E-state index in [0.717, 1.165) is 102 Å². The van der Waals surface area contributed by atoms with Crippen molar-refractivity contribution in [2.45, 2.75) is 92.4 Å². The summed E-state index contributed by atoms with van der Waals surface area (Å²) in [7, 11) is 2.13. The van der Waals surface area contributed by atoms with E-state index in [9.17, 15) is 9.59 Å². The summed E-state index contributed by atoms with van der Waals surface area (Å²) in [6.45, 7) is 20.2. The Morgan fingerprint density at radius 1 is 0.658 bits per heavy atom. The van der Waals surface area contributed by atoms with Crippen molar-refractivity contribution in [3.05, 3.63) is 138 Å². The summed E-state index contributed by atoms with van der Waals surface area (Å²) in [5.74, 6) is 1.60. The summed E-state index contributed by atoms with van der Waals surface area (Å²) in [5.41, 5.74) is 6.92. The van der Waals surface area contributed by atoms with Crippen LogP contribution in [0.25, 0.3) is 32.7 Å². The van der Waals surface area contributed by atoms with E-state index < -0.39 is 0 Å². The van der Waals surface area contributed by atoms with Crippen molar-refractivity contribution in [3.63, 3.8) is 0 Å². The smallest absolute Gasteiger partial charge is 0.253 e. The highest BCUT2D eigenvalue weighted by Crippen LogP contribution is 2.42. The van der Waals surface area contributed by atoms with Crippen LogP contribution in [-0.2, 0) is 22.6 Å². The van der Waals surface area contributed by atoms with Crippen molar-refractivity contribution >= 4 is 66.3 Å². The highest BCUT2D eigenvalue weighted by Gasteiger charge is 2.29. The first kappa shape index (κ1) is 54.3. The fourth-order valence-electron chi connectivity index (χ4n) is 11.1. The van der Waals surface area contributed by atoms with Gasteiger partial charge >= 0.3 is 0 Å². The van der Waals surface area contributed by atoms with Crippen molar-refractivity contribution in [3.8, 4) is 11.1 Å². The standard InChI is InChI=1S/C34H42FN7O2.C24H28BrFN4O2/c1-5-42(25-9-16-44-17-10-25)32-26-8-11-36-33(38-21-29-22(2)18-23(3)39-34(29)43)28(26)19-27(31(32)35)24-6-7-30(37-20-24)41-14-12-40(4)13-15-41;1-4-30(16-6-9-32-10-7-16)22-17-5-8-27-23(18(17)12-20(25)21(22)26)28-13-19-14(2)11-15(3)29-24(19)31/h6-8,11,18-20,25H,5,9-10,12-17,21H2,1-4H3,(H,36,38)(H,39,43);5,8,11-12,16H,4,6-7,9-10,13H2,1-3H3,(H,27,28)(H,29,31). The molecular formula is C58H70BrF2N11O4. The van der Waals surface area contributed by atoms with Crippen LogP contribution in [0.3, 0.4) is 0 Å². The van der Waals surface area contributed by atoms with Gasteiger partial charge in [-0.25, -0.2) is 23.7 Å². The minimum atomic E-state index is -0.270. The second-order valence-corrected chi connectivity index (χ2v) is 21.0. The number of anilines is 5. The number of ether oxygens (including phenoxy) is 2. The summed E-state index contributed by atoms with van der Waals surface area (Å²) in [6, 6.07) is 15.6. The molecule has 4 N–H and O–H groups in total. The molecule has 0 amide bonds. The Balaban J connectivity index is 0.000000195. The molecule has 2 aromatic carbocycles. The highest BCUT2D eigenvalue weighted by molar-refractivity contribution is 9.10. The normalized spacial score (nSPS) is 15.7. The maximum atomic E-state index is 16.9. The number of aromatic nitrogens is 5. The lowest BCUT2D eigenvalue weighted by Gasteiger charge is -2.36. The molecule has 0 aliphatic carbocycles. The Morgan fingerprint density at radius 3 is 1.61 bits per heavy atom. The molecule has 5 aromatic heterocycles. The number of pyridine rings is 5. The second kappa shape index (κ2) is 24.2. The van der Waals surface area contributed by atoms with Crippen LogP contribution < -0.4 is 36.5 Å². The van der Waals surface area contributed by atoms with Crippen LogP contribution in [0.2, 0.25) is 0 Å². The van der Waals surface area contributed by atoms with Gasteiger partial charge in [0.25, 0.3) is 11.1 Å². The molecule has 402 valence electrons. The molecule has 3 aliphatic rings. The van der Waals surface area contributed by atoms with Crippen molar-refractivity contribution in [2.24, 2.45) is 0 Å². The van der Waals surface area contributed by atoms with Crippen LogP contribution in [-0.4, -0.2) is 115 Å². The van der Waals surface area contributed by atoms with Crippen LogP contribution in [0.1, 0.15) is 73.2 Å². The molecule has 0 atom stereocenters. The largest absolute Gasteiger partial charge is 0.381 e. The van der Waals surface area contributed by atoms with Gasteiger partial charge in [0.2, 0.25) is 0 Å². The lowest BCUT2D eigenvalue weighted by molar-refractivity contribution is 0.0844. The lowest BCUT2D eigenvalue weighted by Crippen LogP contribution is -2.44. The molecule has 0 bridgehead atoms. The zero-order valence-electron chi connectivity index (χ0n) is 44.7. The number of fused-ring (bicyclic) bond motifs is 2. The molecule has 0 saturated carbocycles. The van der Waals surface area contributed by atoms with Crippen LogP contribution >= 0.6 is 15.9 Å². The third kappa shape index (κ3) is 11.7. The van der Waals surface area contributed by atoms with Gasteiger partial charge in [-0.1, -0.05) is 0 Å². The molecule has 18 heteroatoms. The van der Waals surface area contributed by atoms with E-state index in [4.69, 9.17) is 14.5 Å². The number of aromatic amines is 2. The number of rotatable bonds is 14. The predicted molar refractivity (Wildman–Crippen MR) is 305 cm³/mol. The monoisotopic (exact) mass is 1100 g/mol. The first-order chi connectivity index (χ1) is 36.7. The molecule has 3 aliphatic heterocycles. The Morgan fingerprint density at radius 2 is 1.14 bits per heavy atom. The van der Waals surface area contributed by atoms with Crippen LogP contribution in [0.5, 0.6) is 0 Å². The third-order valence-electron chi connectivity index (χ3n) is 15.2. The number of nitrogens with one attached hydrogen (secondary N) is 4. The van der Waals surface area contributed by atoms with E-state index in [1.54, 1.807) is 24.7 Å². The van der Waals surface area contributed by atoms with E-state index in [2.05, 4.69) is 87.0 Å². The summed E-state index contributed by atoms with van der Waals surface area (Å²) < 4.78 is 43.9. The van der Waals surface area contributed by atoms with Gasteiger partial charge in [0.05, 0.1) is 15.8 Å². The number of H-pyrrole nitrogens is 2. The van der Waals surface area contributed by atoms with Gasteiger partial charge in [-0.15, -0.1) is 0 Å². The van der Waals surface area contributed by atoms with Gasteiger partial charge < -0.3 is 49.7 Å². The SMILES string of the molecule is CCN(c1c(F)c(-c2ccc(N3CCN(C)CC3)nc2)cc2c(NCc3c(C)cc(C)[nH]c3=O)nccc12)C1CCOCC1.CCN(c1c(F)c(Br)cc2c(NCc3c(C)cc(C)[nH]c3=O)nccc12)C1CCOCC1.